The first-order valence-corrected chi connectivity index (χ1v) is 6.41. The summed E-state index contributed by atoms with van der Waals surface area (Å²) < 4.78 is 5.59. The second kappa shape index (κ2) is 4.24. The van der Waals surface area contributed by atoms with Gasteiger partial charge in [-0.15, -0.1) is 11.3 Å². The van der Waals surface area contributed by atoms with Crippen molar-refractivity contribution in [1.82, 2.24) is 0 Å². The molecule has 1 aliphatic heterocycles. The van der Waals surface area contributed by atoms with Crippen LogP contribution in [0.2, 0.25) is 0 Å². The zero-order valence-electron chi connectivity index (χ0n) is 9.32. The van der Waals surface area contributed by atoms with Gasteiger partial charge in [-0.3, -0.25) is 0 Å². The van der Waals surface area contributed by atoms with Crippen LogP contribution >= 0.6 is 11.3 Å². The number of hydrogen-bond donors (Lipinski definition) is 1. The van der Waals surface area contributed by atoms with Crippen LogP contribution < -0.4 is 0 Å². The third-order valence-corrected chi connectivity index (χ3v) is 4.02. The zero-order valence-corrected chi connectivity index (χ0v) is 10.1. The number of aryl methyl sites for hydroxylation is 1. The number of rotatable bonds is 2. The molecule has 0 aromatic carbocycles. The Hall–Kier alpha value is -0.380. The molecule has 84 valence electrons. The highest BCUT2D eigenvalue weighted by Crippen LogP contribution is 2.37. The van der Waals surface area contributed by atoms with E-state index in [9.17, 15) is 5.11 Å². The van der Waals surface area contributed by atoms with E-state index in [1.807, 2.05) is 0 Å². The molecule has 1 aromatic heterocycles. The molecule has 2 rings (SSSR count). The summed E-state index contributed by atoms with van der Waals surface area (Å²) in [7, 11) is 0. The van der Waals surface area contributed by atoms with Crippen molar-refractivity contribution in [1.29, 1.82) is 0 Å². The van der Waals surface area contributed by atoms with E-state index < -0.39 is 5.60 Å². The summed E-state index contributed by atoms with van der Waals surface area (Å²) in [6.45, 7) is 4.85. The summed E-state index contributed by atoms with van der Waals surface area (Å²) in [6.07, 6.45) is 2.65. The minimum Gasteiger partial charge on any atom is -0.385 e. The molecular formula is C12H18O2S. The van der Waals surface area contributed by atoms with Crippen LogP contribution in [0.1, 0.15) is 36.6 Å². The number of ether oxygens (including phenoxy) is 1. The van der Waals surface area contributed by atoms with Gasteiger partial charge in [0, 0.05) is 17.7 Å². The van der Waals surface area contributed by atoms with E-state index in [0.717, 1.165) is 24.8 Å². The molecule has 2 nitrogen and oxygen atoms in total. The molecular weight excluding hydrogens is 208 g/mol. The lowest BCUT2D eigenvalue weighted by Crippen LogP contribution is -2.38. The summed E-state index contributed by atoms with van der Waals surface area (Å²) in [5.41, 5.74) is 0.427. The summed E-state index contributed by atoms with van der Waals surface area (Å²) in [5.74, 6) is 0. The van der Waals surface area contributed by atoms with Crippen LogP contribution in [0.25, 0.3) is 0 Å². The fraction of sp³-hybridized carbons (Fsp3) is 0.667. The Kier molecular flexibility index (Phi) is 3.14. The van der Waals surface area contributed by atoms with E-state index in [2.05, 4.69) is 25.3 Å². The highest BCUT2D eigenvalue weighted by molar-refractivity contribution is 7.10. The Balaban J connectivity index is 2.18. The van der Waals surface area contributed by atoms with Crippen LogP contribution in [0.15, 0.2) is 11.4 Å². The summed E-state index contributed by atoms with van der Waals surface area (Å²) in [6, 6.07) is 2.10. The average molecular weight is 226 g/mol. The maximum Gasteiger partial charge on any atom is 0.0951 e. The quantitative estimate of drug-likeness (QED) is 0.840. The molecule has 0 amide bonds. The Morgan fingerprint density at radius 2 is 2.47 bits per heavy atom. The first kappa shape index (κ1) is 11.1. The highest BCUT2D eigenvalue weighted by atomic mass is 32.1. The van der Waals surface area contributed by atoms with Gasteiger partial charge in [-0.1, -0.05) is 6.92 Å². The fourth-order valence-corrected chi connectivity index (χ4v) is 2.94. The van der Waals surface area contributed by atoms with Gasteiger partial charge in [-0.2, -0.15) is 0 Å². The van der Waals surface area contributed by atoms with Gasteiger partial charge in [0.1, 0.15) is 0 Å². The van der Waals surface area contributed by atoms with Crippen molar-refractivity contribution in [3.63, 3.8) is 0 Å². The second-order valence-corrected chi connectivity index (χ2v) is 5.45. The molecule has 0 aliphatic carbocycles. The van der Waals surface area contributed by atoms with E-state index in [1.54, 1.807) is 11.3 Å². The Bertz CT molecular complexity index is 334. The van der Waals surface area contributed by atoms with E-state index in [-0.39, 0.29) is 6.10 Å². The minimum absolute atomic E-state index is 0.212. The first-order chi connectivity index (χ1) is 7.14. The van der Waals surface area contributed by atoms with Gasteiger partial charge in [0.05, 0.1) is 18.3 Å². The maximum atomic E-state index is 10.6. The van der Waals surface area contributed by atoms with E-state index in [1.165, 1.54) is 4.88 Å². The van der Waals surface area contributed by atoms with Gasteiger partial charge in [0.2, 0.25) is 0 Å². The fourth-order valence-electron chi connectivity index (χ4n) is 2.14. The Morgan fingerprint density at radius 3 is 3.07 bits per heavy atom. The van der Waals surface area contributed by atoms with Crippen molar-refractivity contribution in [2.45, 2.75) is 44.8 Å². The molecule has 2 unspecified atom stereocenters. The maximum absolute atomic E-state index is 10.6. The second-order valence-electron chi connectivity index (χ2n) is 4.33. The number of aliphatic hydroxyl groups is 1. The Labute approximate surface area is 94.9 Å². The Morgan fingerprint density at radius 1 is 1.67 bits per heavy atom. The normalized spacial score (nSPS) is 31.8. The summed E-state index contributed by atoms with van der Waals surface area (Å²) in [5, 5.41) is 12.7. The minimum atomic E-state index is -0.649. The van der Waals surface area contributed by atoms with Crippen molar-refractivity contribution in [2.24, 2.45) is 0 Å². The molecule has 15 heavy (non-hydrogen) atoms. The van der Waals surface area contributed by atoms with Crippen LogP contribution in [-0.4, -0.2) is 17.8 Å². The molecule has 0 bridgehead atoms. The number of hydrogen-bond acceptors (Lipinski definition) is 3. The topological polar surface area (TPSA) is 29.5 Å². The van der Waals surface area contributed by atoms with Gasteiger partial charge < -0.3 is 9.84 Å². The van der Waals surface area contributed by atoms with E-state index >= 15 is 0 Å². The largest absolute Gasteiger partial charge is 0.385 e. The molecule has 0 saturated carbocycles. The van der Waals surface area contributed by atoms with Crippen molar-refractivity contribution in [3.05, 3.63) is 21.9 Å². The van der Waals surface area contributed by atoms with Gasteiger partial charge in [-0.25, -0.2) is 0 Å². The van der Waals surface area contributed by atoms with Crippen molar-refractivity contribution in [3.8, 4) is 0 Å². The molecule has 1 aromatic rings. The molecule has 1 fully saturated rings. The van der Waals surface area contributed by atoms with Crippen molar-refractivity contribution in [2.75, 3.05) is 6.61 Å². The van der Waals surface area contributed by atoms with E-state index in [4.69, 9.17) is 4.74 Å². The zero-order chi connectivity index (χ0) is 10.9. The lowest BCUT2D eigenvalue weighted by atomic mass is 9.84. The average Bonchev–Trinajstić information content (AvgIpc) is 2.65. The van der Waals surface area contributed by atoms with Crippen LogP contribution in [0.4, 0.5) is 0 Å². The van der Waals surface area contributed by atoms with Crippen LogP contribution in [-0.2, 0) is 10.3 Å². The highest BCUT2D eigenvalue weighted by Gasteiger charge is 2.36. The van der Waals surface area contributed by atoms with Gasteiger partial charge in [0.15, 0.2) is 0 Å². The third-order valence-electron chi connectivity index (χ3n) is 3.16. The lowest BCUT2D eigenvalue weighted by Gasteiger charge is -2.36. The molecule has 2 atom stereocenters. The predicted octanol–water partition coefficient (Wildman–Crippen LogP) is 2.83. The molecule has 3 heteroatoms. The third kappa shape index (κ3) is 2.25. The van der Waals surface area contributed by atoms with Gasteiger partial charge in [0.25, 0.3) is 0 Å². The van der Waals surface area contributed by atoms with Crippen molar-refractivity contribution < 1.29 is 9.84 Å². The SMILES string of the molecule is CCC1CC(O)(c2csc(C)c2)CCO1. The molecule has 1 aliphatic rings. The standard InChI is InChI=1S/C12H18O2S/c1-3-11-7-12(13,4-5-14-11)10-6-9(2)15-8-10/h6,8,11,13H,3-5,7H2,1-2H3. The predicted molar refractivity (Wildman–Crippen MR) is 62.2 cm³/mol. The van der Waals surface area contributed by atoms with Gasteiger partial charge in [-0.05, 0) is 30.4 Å². The molecule has 2 heterocycles. The summed E-state index contributed by atoms with van der Waals surface area (Å²) >= 11 is 1.70. The van der Waals surface area contributed by atoms with E-state index in [0.29, 0.717) is 6.61 Å². The lowest BCUT2D eigenvalue weighted by molar-refractivity contribution is -0.108. The molecule has 0 spiro atoms. The van der Waals surface area contributed by atoms with Crippen LogP contribution in [0, 0.1) is 6.92 Å². The smallest absolute Gasteiger partial charge is 0.0951 e. The number of thiophene rings is 1. The van der Waals surface area contributed by atoms with Gasteiger partial charge >= 0.3 is 0 Å². The van der Waals surface area contributed by atoms with Crippen LogP contribution in [0.5, 0.6) is 0 Å². The summed E-state index contributed by atoms with van der Waals surface area (Å²) in [4.78, 5) is 1.26. The van der Waals surface area contributed by atoms with Crippen LogP contribution in [0.3, 0.4) is 0 Å². The monoisotopic (exact) mass is 226 g/mol. The molecule has 1 N–H and O–H groups in total. The van der Waals surface area contributed by atoms with Crippen molar-refractivity contribution >= 4 is 11.3 Å². The molecule has 0 radical (unpaired) electrons. The first-order valence-electron chi connectivity index (χ1n) is 5.53. The molecule has 1 saturated heterocycles.